The van der Waals surface area contributed by atoms with E-state index in [0.717, 1.165) is 17.1 Å². The predicted molar refractivity (Wildman–Crippen MR) is 69.8 cm³/mol. The van der Waals surface area contributed by atoms with Crippen molar-refractivity contribution in [3.63, 3.8) is 0 Å². The molecule has 2 rings (SSSR count). The van der Waals surface area contributed by atoms with E-state index in [4.69, 9.17) is 0 Å². The van der Waals surface area contributed by atoms with Gasteiger partial charge in [-0.05, 0) is 32.9 Å². The van der Waals surface area contributed by atoms with Crippen LogP contribution in [-0.2, 0) is 7.05 Å². The molecule has 0 atom stereocenters. The molecule has 0 fully saturated rings. The zero-order chi connectivity index (χ0) is 12.5. The van der Waals surface area contributed by atoms with Gasteiger partial charge in [-0.15, -0.1) is 10.2 Å². The third-order valence-corrected chi connectivity index (χ3v) is 2.35. The van der Waals surface area contributed by atoms with Crippen molar-refractivity contribution in [2.75, 3.05) is 5.32 Å². The Morgan fingerprint density at radius 2 is 2.00 bits per heavy atom. The van der Waals surface area contributed by atoms with Gasteiger partial charge in [0.1, 0.15) is 6.33 Å². The van der Waals surface area contributed by atoms with Crippen molar-refractivity contribution in [3.05, 3.63) is 30.6 Å². The van der Waals surface area contributed by atoms with Crippen LogP contribution in [0.15, 0.2) is 30.6 Å². The third kappa shape index (κ3) is 2.84. The molecule has 0 radical (unpaired) electrons. The Labute approximate surface area is 102 Å². The maximum Gasteiger partial charge on any atom is 0.163 e. The number of nitrogens with one attached hydrogen (secondary N) is 1. The van der Waals surface area contributed by atoms with Crippen LogP contribution >= 0.6 is 0 Å². The van der Waals surface area contributed by atoms with Crippen LogP contribution < -0.4 is 5.32 Å². The number of hydrogen-bond donors (Lipinski definition) is 1. The minimum Gasteiger partial charge on any atom is -0.380 e. The van der Waals surface area contributed by atoms with Gasteiger partial charge in [-0.1, -0.05) is 12.1 Å². The van der Waals surface area contributed by atoms with Crippen LogP contribution in [0.1, 0.15) is 20.8 Å². The Kier molecular flexibility index (Phi) is 2.88. The average molecular weight is 230 g/mol. The second-order valence-corrected chi connectivity index (χ2v) is 5.22. The lowest BCUT2D eigenvalue weighted by Gasteiger charge is -2.22. The van der Waals surface area contributed by atoms with E-state index >= 15 is 0 Å². The Hall–Kier alpha value is -1.84. The van der Waals surface area contributed by atoms with Gasteiger partial charge in [0.05, 0.1) is 0 Å². The topological polar surface area (TPSA) is 42.7 Å². The summed E-state index contributed by atoms with van der Waals surface area (Å²) in [7, 11) is 1.94. The maximum atomic E-state index is 4.11. The lowest BCUT2D eigenvalue weighted by atomic mass is 10.1. The molecule has 2 aromatic rings. The number of rotatable bonds is 2. The van der Waals surface area contributed by atoms with E-state index in [-0.39, 0.29) is 5.54 Å². The molecule has 4 nitrogen and oxygen atoms in total. The van der Waals surface area contributed by atoms with Gasteiger partial charge in [0.25, 0.3) is 0 Å². The highest BCUT2D eigenvalue weighted by molar-refractivity contribution is 5.62. The molecule has 0 amide bonds. The van der Waals surface area contributed by atoms with Crippen molar-refractivity contribution in [3.8, 4) is 11.4 Å². The van der Waals surface area contributed by atoms with Crippen LogP contribution in [0.25, 0.3) is 11.4 Å². The number of aromatic nitrogens is 3. The van der Waals surface area contributed by atoms with Gasteiger partial charge in [0.2, 0.25) is 0 Å². The van der Waals surface area contributed by atoms with E-state index in [1.807, 2.05) is 23.7 Å². The Morgan fingerprint density at radius 3 is 2.59 bits per heavy atom. The van der Waals surface area contributed by atoms with Gasteiger partial charge in [0.15, 0.2) is 5.82 Å². The highest BCUT2D eigenvalue weighted by Gasteiger charge is 2.10. The molecule has 0 spiro atoms. The van der Waals surface area contributed by atoms with Crippen molar-refractivity contribution in [1.29, 1.82) is 0 Å². The van der Waals surface area contributed by atoms with Crippen molar-refractivity contribution in [1.82, 2.24) is 14.8 Å². The molecule has 17 heavy (non-hydrogen) atoms. The highest BCUT2D eigenvalue weighted by atomic mass is 15.2. The SMILES string of the molecule is Cn1cnnc1-c1cccc(NC(C)(C)C)c1. The van der Waals surface area contributed by atoms with Gasteiger partial charge in [-0.2, -0.15) is 0 Å². The summed E-state index contributed by atoms with van der Waals surface area (Å²) in [5.74, 6) is 0.877. The number of aryl methyl sites for hydroxylation is 1. The molecular formula is C13H18N4. The van der Waals surface area contributed by atoms with Gasteiger partial charge >= 0.3 is 0 Å². The predicted octanol–water partition coefficient (Wildman–Crippen LogP) is 2.69. The monoisotopic (exact) mass is 230 g/mol. The van der Waals surface area contributed by atoms with Crippen LogP contribution in [0, 0.1) is 0 Å². The first-order valence-electron chi connectivity index (χ1n) is 5.68. The van der Waals surface area contributed by atoms with Gasteiger partial charge < -0.3 is 9.88 Å². The summed E-state index contributed by atoms with van der Waals surface area (Å²) < 4.78 is 1.91. The van der Waals surface area contributed by atoms with Gasteiger partial charge in [0, 0.05) is 23.8 Å². The molecular weight excluding hydrogens is 212 g/mol. The lowest BCUT2D eigenvalue weighted by molar-refractivity contribution is 0.634. The number of nitrogens with zero attached hydrogens (tertiary/aromatic N) is 3. The molecule has 0 saturated heterocycles. The molecule has 0 aliphatic rings. The van der Waals surface area contributed by atoms with E-state index in [1.165, 1.54) is 0 Å². The molecule has 90 valence electrons. The number of anilines is 1. The molecule has 0 aliphatic carbocycles. The van der Waals surface area contributed by atoms with Crippen molar-refractivity contribution in [2.45, 2.75) is 26.3 Å². The highest BCUT2D eigenvalue weighted by Crippen LogP contribution is 2.22. The van der Waals surface area contributed by atoms with Crippen molar-refractivity contribution < 1.29 is 0 Å². The average Bonchev–Trinajstić information content (AvgIpc) is 2.62. The Balaban J connectivity index is 2.32. The first-order valence-corrected chi connectivity index (χ1v) is 5.68. The molecule has 1 aromatic carbocycles. The van der Waals surface area contributed by atoms with Crippen LogP contribution in [0.3, 0.4) is 0 Å². The quantitative estimate of drug-likeness (QED) is 0.862. The zero-order valence-corrected chi connectivity index (χ0v) is 10.7. The fraction of sp³-hybridized carbons (Fsp3) is 0.385. The van der Waals surface area contributed by atoms with E-state index in [0.29, 0.717) is 0 Å². The molecule has 1 heterocycles. The Bertz CT molecular complexity index is 508. The summed E-state index contributed by atoms with van der Waals surface area (Å²) in [5.41, 5.74) is 2.22. The number of hydrogen-bond acceptors (Lipinski definition) is 3. The molecule has 4 heteroatoms. The first kappa shape index (κ1) is 11.6. The van der Waals surface area contributed by atoms with Crippen molar-refractivity contribution in [2.24, 2.45) is 7.05 Å². The second kappa shape index (κ2) is 4.20. The van der Waals surface area contributed by atoms with Gasteiger partial charge in [-0.3, -0.25) is 0 Å². The van der Waals surface area contributed by atoms with Crippen LogP contribution in [-0.4, -0.2) is 20.3 Å². The minimum atomic E-state index is 0.0541. The third-order valence-electron chi connectivity index (χ3n) is 2.35. The molecule has 0 aliphatic heterocycles. The minimum absolute atomic E-state index is 0.0541. The second-order valence-electron chi connectivity index (χ2n) is 5.22. The normalized spacial score (nSPS) is 11.5. The van der Waals surface area contributed by atoms with E-state index in [1.54, 1.807) is 6.33 Å². The summed E-state index contributed by atoms with van der Waals surface area (Å²) in [6.45, 7) is 6.42. The summed E-state index contributed by atoms with van der Waals surface area (Å²) in [5, 5.41) is 11.4. The molecule has 1 aromatic heterocycles. The largest absolute Gasteiger partial charge is 0.380 e. The standard InChI is InChI=1S/C13H18N4/c1-13(2,3)15-11-7-5-6-10(8-11)12-16-14-9-17(12)4/h5-9,15H,1-4H3. The molecule has 0 bridgehead atoms. The summed E-state index contributed by atoms with van der Waals surface area (Å²) in [4.78, 5) is 0. The van der Waals surface area contributed by atoms with Crippen LogP contribution in [0.2, 0.25) is 0 Å². The molecule has 0 saturated carbocycles. The van der Waals surface area contributed by atoms with Gasteiger partial charge in [-0.25, -0.2) is 0 Å². The van der Waals surface area contributed by atoms with Crippen molar-refractivity contribution >= 4 is 5.69 Å². The fourth-order valence-corrected chi connectivity index (χ4v) is 1.71. The van der Waals surface area contributed by atoms with E-state index in [9.17, 15) is 0 Å². The summed E-state index contributed by atoms with van der Waals surface area (Å²) in [6, 6.07) is 8.22. The number of benzene rings is 1. The van der Waals surface area contributed by atoms with E-state index in [2.05, 4.69) is 48.4 Å². The summed E-state index contributed by atoms with van der Waals surface area (Å²) in [6.07, 6.45) is 1.71. The zero-order valence-electron chi connectivity index (χ0n) is 10.7. The molecule has 0 unspecified atom stereocenters. The lowest BCUT2D eigenvalue weighted by Crippen LogP contribution is -2.25. The maximum absolute atomic E-state index is 4.11. The fourth-order valence-electron chi connectivity index (χ4n) is 1.71. The van der Waals surface area contributed by atoms with E-state index < -0.39 is 0 Å². The van der Waals surface area contributed by atoms with Crippen LogP contribution in [0.5, 0.6) is 0 Å². The smallest absolute Gasteiger partial charge is 0.163 e. The first-order chi connectivity index (χ1) is 7.96. The Morgan fingerprint density at radius 1 is 1.24 bits per heavy atom. The molecule has 1 N–H and O–H groups in total. The van der Waals surface area contributed by atoms with Crippen LogP contribution in [0.4, 0.5) is 5.69 Å². The summed E-state index contributed by atoms with van der Waals surface area (Å²) >= 11 is 0.